The third-order valence-electron chi connectivity index (χ3n) is 7.37. The quantitative estimate of drug-likeness (QED) is 0.631. The second-order valence-electron chi connectivity index (χ2n) is 9.75. The van der Waals surface area contributed by atoms with Gasteiger partial charge in [0.1, 0.15) is 23.0 Å². The lowest BCUT2D eigenvalue weighted by molar-refractivity contribution is -0.134. The molecule has 3 fully saturated rings. The van der Waals surface area contributed by atoms with E-state index in [0.717, 1.165) is 31.0 Å². The highest BCUT2D eigenvalue weighted by Crippen LogP contribution is 2.39. The number of carbonyl (C=O) groups excluding carboxylic acids is 3. The Balaban J connectivity index is 1.37. The van der Waals surface area contributed by atoms with Crippen molar-refractivity contribution < 1.29 is 27.6 Å². The van der Waals surface area contributed by atoms with Gasteiger partial charge in [-0.25, -0.2) is 18.0 Å². The summed E-state index contributed by atoms with van der Waals surface area (Å²) in [5.74, 6) is -2.74. The summed E-state index contributed by atoms with van der Waals surface area (Å²) >= 11 is 0. The highest BCUT2D eigenvalue weighted by Gasteiger charge is 2.56. The largest absolute Gasteiger partial charge is 0.339 e. The zero-order chi connectivity index (χ0) is 24.7. The zero-order valence-corrected chi connectivity index (χ0v) is 19.1. The molecule has 1 aliphatic carbocycles. The molecule has 1 N–H and O–H groups in total. The van der Waals surface area contributed by atoms with Crippen molar-refractivity contribution >= 4 is 17.8 Å². The summed E-state index contributed by atoms with van der Waals surface area (Å²) in [5.41, 5.74) is -0.817. The highest BCUT2D eigenvalue weighted by molar-refractivity contribution is 6.07. The monoisotopic (exact) mass is 485 g/mol. The summed E-state index contributed by atoms with van der Waals surface area (Å²) in [4.78, 5) is 42.1. The van der Waals surface area contributed by atoms with Crippen LogP contribution in [0.25, 0.3) is 0 Å². The van der Waals surface area contributed by atoms with Gasteiger partial charge >= 0.3 is 6.03 Å². The molecule has 0 radical (unpaired) electrons. The Kier molecular flexibility index (Phi) is 6.02. The van der Waals surface area contributed by atoms with Crippen LogP contribution >= 0.6 is 0 Å². The standard InChI is InChI=1S/C26H26F3N3O3/c27-19-5-3-16(4-6-19)14-26(24(34)32(25(35)30-26)15-17-1-2-17)18-9-11-31(12-10-18)23(33)21-13-20(28)7-8-22(21)29/h3-8,13,17-18H,1-2,9-12,14-15H2,(H,30,35). The Morgan fingerprint density at radius 3 is 2.26 bits per heavy atom. The number of amides is 4. The second-order valence-corrected chi connectivity index (χ2v) is 9.75. The van der Waals surface area contributed by atoms with Gasteiger partial charge in [0.15, 0.2) is 0 Å². The number of nitrogens with zero attached hydrogens (tertiary/aromatic N) is 2. The van der Waals surface area contributed by atoms with Crippen LogP contribution < -0.4 is 5.32 Å². The first-order valence-corrected chi connectivity index (χ1v) is 11.9. The number of rotatable bonds is 6. The van der Waals surface area contributed by atoms with Crippen LogP contribution in [0.15, 0.2) is 42.5 Å². The molecule has 0 aromatic heterocycles. The van der Waals surface area contributed by atoms with Crippen LogP contribution in [-0.4, -0.2) is 52.8 Å². The van der Waals surface area contributed by atoms with Gasteiger partial charge in [-0.2, -0.15) is 0 Å². The lowest BCUT2D eigenvalue weighted by Gasteiger charge is -2.41. The number of likely N-dealkylation sites (tertiary alicyclic amines) is 1. The van der Waals surface area contributed by atoms with E-state index in [-0.39, 0.29) is 36.9 Å². The number of piperidine rings is 1. The van der Waals surface area contributed by atoms with Crippen LogP contribution in [0.3, 0.4) is 0 Å². The van der Waals surface area contributed by atoms with Gasteiger partial charge in [-0.1, -0.05) is 12.1 Å². The lowest BCUT2D eigenvalue weighted by atomic mass is 9.73. The van der Waals surface area contributed by atoms with Crippen LogP contribution in [-0.2, 0) is 11.2 Å². The van der Waals surface area contributed by atoms with E-state index in [1.807, 2.05) is 0 Å². The molecular weight excluding hydrogens is 459 g/mol. The van der Waals surface area contributed by atoms with Gasteiger partial charge in [-0.3, -0.25) is 14.5 Å². The fourth-order valence-corrected chi connectivity index (χ4v) is 5.24. The molecule has 2 aromatic carbocycles. The van der Waals surface area contributed by atoms with Crippen molar-refractivity contribution in [3.05, 3.63) is 71.0 Å². The average Bonchev–Trinajstić information content (AvgIpc) is 3.64. The molecule has 0 bridgehead atoms. The van der Waals surface area contributed by atoms with Crippen LogP contribution in [0.2, 0.25) is 0 Å². The molecule has 3 aliphatic rings. The summed E-state index contributed by atoms with van der Waals surface area (Å²) < 4.78 is 41.2. The predicted octanol–water partition coefficient (Wildman–Crippen LogP) is 3.90. The van der Waals surface area contributed by atoms with Crippen LogP contribution in [0.5, 0.6) is 0 Å². The van der Waals surface area contributed by atoms with Gasteiger partial charge in [0.05, 0.1) is 5.56 Å². The first kappa shape index (κ1) is 23.4. The lowest BCUT2D eigenvalue weighted by Crippen LogP contribution is -2.58. The molecule has 2 heterocycles. The fourth-order valence-electron chi connectivity index (χ4n) is 5.24. The summed E-state index contributed by atoms with van der Waals surface area (Å²) in [7, 11) is 0. The number of carbonyl (C=O) groups is 3. The minimum atomic E-state index is -1.21. The molecule has 9 heteroatoms. The molecule has 2 aliphatic heterocycles. The van der Waals surface area contributed by atoms with E-state index in [4.69, 9.17) is 0 Å². The van der Waals surface area contributed by atoms with Gasteiger partial charge in [0.2, 0.25) is 0 Å². The Morgan fingerprint density at radius 2 is 1.60 bits per heavy atom. The Bertz CT molecular complexity index is 1160. The van der Waals surface area contributed by atoms with Gasteiger partial charge in [0, 0.05) is 26.1 Å². The number of halogens is 3. The Labute approximate surface area is 201 Å². The number of hydrogen-bond donors (Lipinski definition) is 1. The van der Waals surface area contributed by atoms with Crippen molar-refractivity contribution in [3.8, 4) is 0 Å². The molecule has 1 saturated carbocycles. The minimum absolute atomic E-state index is 0.205. The summed E-state index contributed by atoms with van der Waals surface area (Å²) in [6, 6.07) is 8.19. The minimum Gasteiger partial charge on any atom is -0.339 e. The average molecular weight is 486 g/mol. The molecule has 4 amide bonds. The van der Waals surface area contributed by atoms with Crippen molar-refractivity contribution in [2.45, 2.75) is 37.6 Å². The van der Waals surface area contributed by atoms with Crippen LogP contribution in [0.1, 0.15) is 41.6 Å². The molecule has 184 valence electrons. The maximum atomic E-state index is 14.1. The number of hydrogen-bond acceptors (Lipinski definition) is 3. The molecule has 0 spiro atoms. The smallest absolute Gasteiger partial charge is 0.325 e. The highest BCUT2D eigenvalue weighted by atomic mass is 19.1. The maximum absolute atomic E-state index is 14.1. The molecule has 1 unspecified atom stereocenters. The second kappa shape index (κ2) is 9.02. The van der Waals surface area contributed by atoms with E-state index in [9.17, 15) is 27.6 Å². The third-order valence-corrected chi connectivity index (χ3v) is 7.37. The third kappa shape index (κ3) is 4.51. The van der Waals surface area contributed by atoms with E-state index in [1.54, 1.807) is 12.1 Å². The zero-order valence-electron chi connectivity index (χ0n) is 19.1. The van der Waals surface area contributed by atoms with E-state index >= 15 is 0 Å². The van der Waals surface area contributed by atoms with E-state index in [0.29, 0.717) is 30.9 Å². The molecule has 2 saturated heterocycles. The molecule has 2 aromatic rings. The first-order valence-electron chi connectivity index (χ1n) is 11.9. The molecule has 35 heavy (non-hydrogen) atoms. The summed E-state index contributed by atoms with van der Waals surface area (Å²) in [6.45, 7) is 0.846. The normalized spacial score (nSPS) is 23.1. The van der Waals surface area contributed by atoms with Crippen molar-refractivity contribution in [2.24, 2.45) is 11.8 Å². The number of urea groups is 1. The van der Waals surface area contributed by atoms with Gasteiger partial charge < -0.3 is 10.2 Å². The number of nitrogens with one attached hydrogen (secondary N) is 1. The number of imide groups is 1. The topological polar surface area (TPSA) is 69.7 Å². The van der Waals surface area contributed by atoms with Crippen molar-refractivity contribution in [2.75, 3.05) is 19.6 Å². The maximum Gasteiger partial charge on any atom is 0.325 e. The molecule has 5 rings (SSSR count). The van der Waals surface area contributed by atoms with Crippen LogP contribution in [0, 0.1) is 29.3 Å². The van der Waals surface area contributed by atoms with Crippen molar-refractivity contribution in [1.29, 1.82) is 0 Å². The Hall–Kier alpha value is -3.36. The summed E-state index contributed by atoms with van der Waals surface area (Å²) in [5, 5.41) is 2.96. The van der Waals surface area contributed by atoms with Gasteiger partial charge in [0.25, 0.3) is 11.8 Å². The molecule has 1 atom stereocenters. The van der Waals surface area contributed by atoms with Crippen molar-refractivity contribution in [3.63, 3.8) is 0 Å². The number of benzene rings is 2. The van der Waals surface area contributed by atoms with Gasteiger partial charge in [-0.05, 0) is 73.4 Å². The van der Waals surface area contributed by atoms with Crippen LogP contribution in [0.4, 0.5) is 18.0 Å². The molecular formula is C26H26F3N3O3. The van der Waals surface area contributed by atoms with E-state index in [1.165, 1.54) is 21.9 Å². The van der Waals surface area contributed by atoms with Gasteiger partial charge in [-0.15, -0.1) is 0 Å². The van der Waals surface area contributed by atoms with E-state index in [2.05, 4.69) is 5.32 Å². The first-order chi connectivity index (χ1) is 16.8. The predicted molar refractivity (Wildman–Crippen MR) is 121 cm³/mol. The Morgan fingerprint density at radius 1 is 0.943 bits per heavy atom. The van der Waals surface area contributed by atoms with E-state index < -0.39 is 34.9 Å². The summed E-state index contributed by atoms with van der Waals surface area (Å²) in [6.07, 6.45) is 2.97. The fraction of sp³-hybridized carbons (Fsp3) is 0.423. The SMILES string of the molecule is O=C(c1cc(F)ccc1F)N1CCC(C2(Cc3ccc(F)cc3)NC(=O)N(CC3CC3)C2=O)CC1. The molecule has 6 nitrogen and oxygen atoms in total. The van der Waals surface area contributed by atoms with Crippen molar-refractivity contribution in [1.82, 2.24) is 15.1 Å².